The fourth-order valence-corrected chi connectivity index (χ4v) is 3.73. The van der Waals surface area contributed by atoms with Gasteiger partial charge in [-0.25, -0.2) is 4.98 Å². The number of anilines is 2. The highest BCUT2D eigenvalue weighted by Gasteiger charge is 2.32. The van der Waals surface area contributed by atoms with Crippen molar-refractivity contribution >= 4 is 17.7 Å². The van der Waals surface area contributed by atoms with E-state index in [0.717, 1.165) is 24.4 Å². The number of nitrogens with zero attached hydrogens (tertiary/aromatic N) is 3. The van der Waals surface area contributed by atoms with Gasteiger partial charge in [-0.3, -0.25) is 4.79 Å². The molecule has 10 heteroatoms. The van der Waals surface area contributed by atoms with E-state index in [4.69, 9.17) is 0 Å². The summed E-state index contributed by atoms with van der Waals surface area (Å²) >= 11 is 0. The second-order valence-corrected chi connectivity index (χ2v) is 8.15. The highest BCUT2D eigenvalue weighted by atomic mass is 19.4. The number of carbonyl (C=O) groups is 1. The summed E-state index contributed by atoms with van der Waals surface area (Å²) in [4.78, 5) is 23.4. The Morgan fingerprint density at radius 1 is 1.16 bits per heavy atom. The summed E-state index contributed by atoms with van der Waals surface area (Å²) < 4.78 is 41.7. The molecule has 32 heavy (non-hydrogen) atoms. The highest BCUT2D eigenvalue weighted by Crippen LogP contribution is 2.28. The Hall–Kier alpha value is -3.04. The standard InChI is InChI=1S/C22H28F3N5O2/c1-14-12-19(30(2)3)29-21(27-14)28-17-10-8-15(9-11-17)20(31)26-13-16-6-4-5-7-18(16)32-22(23,24)25/h4-7,12,15,17H,8-11,13H2,1-3H3,(H,26,31)(H,27,28,29). The number of ether oxygens (including phenoxy) is 1. The van der Waals surface area contributed by atoms with E-state index < -0.39 is 6.36 Å². The number of para-hydroxylation sites is 1. The zero-order valence-corrected chi connectivity index (χ0v) is 18.4. The Morgan fingerprint density at radius 3 is 2.50 bits per heavy atom. The van der Waals surface area contributed by atoms with Gasteiger partial charge in [-0.2, -0.15) is 4.98 Å². The SMILES string of the molecule is Cc1cc(N(C)C)nc(NC2CCC(C(=O)NCc3ccccc3OC(F)(F)F)CC2)n1. The molecule has 0 radical (unpaired) electrons. The highest BCUT2D eigenvalue weighted by molar-refractivity contribution is 5.78. The van der Waals surface area contributed by atoms with Crippen molar-refractivity contribution < 1.29 is 22.7 Å². The van der Waals surface area contributed by atoms with Crippen molar-refractivity contribution in [1.29, 1.82) is 0 Å². The first-order valence-corrected chi connectivity index (χ1v) is 10.5. The number of aryl methyl sites for hydroxylation is 1. The maximum atomic E-state index is 12.6. The number of rotatable bonds is 7. The lowest BCUT2D eigenvalue weighted by Gasteiger charge is -2.28. The van der Waals surface area contributed by atoms with Gasteiger partial charge in [0.1, 0.15) is 11.6 Å². The number of hydrogen-bond acceptors (Lipinski definition) is 6. The quantitative estimate of drug-likeness (QED) is 0.662. The molecule has 1 fully saturated rings. The molecule has 1 aliphatic carbocycles. The van der Waals surface area contributed by atoms with Crippen LogP contribution in [-0.4, -0.2) is 42.4 Å². The monoisotopic (exact) mass is 451 g/mol. The Balaban J connectivity index is 1.50. The first-order valence-electron chi connectivity index (χ1n) is 10.5. The van der Waals surface area contributed by atoms with Crippen molar-refractivity contribution in [1.82, 2.24) is 15.3 Å². The van der Waals surface area contributed by atoms with Gasteiger partial charge in [0.15, 0.2) is 0 Å². The molecule has 7 nitrogen and oxygen atoms in total. The third kappa shape index (κ3) is 6.73. The van der Waals surface area contributed by atoms with Crippen LogP contribution in [0, 0.1) is 12.8 Å². The molecular weight excluding hydrogens is 423 g/mol. The number of aromatic nitrogens is 2. The molecule has 1 aliphatic rings. The van der Waals surface area contributed by atoms with Crippen LogP contribution in [0.5, 0.6) is 5.75 Å². The van der Waals surface area contributed by atoms with Gasteiger partial charge in [0.2, 0.25) is 11.9 Å². The summed E-state index contributed by atoms with van der Waals surface area (Å²) in [5.74, 6) is 0.751. The summed E-state index contributed by atoms with van der Waals surface area (Å²) in [5, 5.41) is 6.11. The molecule has 1 aromatic carbocycles. The molecule has 0 aliphatic heterocycles. The van der Waals surface area contributed by atoms with Gasteiger partial charge >= 0.3 is 6.36 Å². The molecule has 3 rings (SSSR count). The summed E-state index contributed by atoms with van der Waals surface area (Å²) in [6.07, 6.45) is -1.87. The predicted molar refractivity (Wildman–Crippen MR) is 115 cm³/mol. The van der Waals surface area contributed by atoms with Crippen molar-refractivity contribution in [3.05, 3.63) is 41.6 Å². The maximum absolute atomic E-state index is 12.6. The smallest absolute Gasteiger partial charge is 0.405 e. The normalized spacial score (nSPS) is 18.7. The molecule has 2 N–H and O–H groups in total. The number of hydrogen-bond donors (Lipinski definition) is 2. The van der Waals surface area contributed by atoms with Crippen molar-refractivity contribution in [3.63, 3.8) is 0 Å². The van der Waals surface area contributed by atoms with Crippen LogP contribution in [-0.2, 0) is 11.3 Å². The van der Waals surface area contributed by atoms with E-state index in [1.807, 2.05) is 32.0 Å². The van der Waals surface area contributed by atoms with Crippen LogP contribution in [0.1, 0.15) is 36.9 Å². The zero-order valence-electron chi connectivity index (χ0n) is 18.4. The molecule has 174 valence electrons. The van der Waals surface area contributed by atoms with Gasteiger partial charge in [0.05, 0.1) is 0 Å². The van der Waals surface area contributed by atoms with Gasteiger partial charge in [-0.1, -0.05) is 18.2 Å². The lowest BCUT2D eigenvalue weighted by atomic mass is 9.85. The van der Waals surface area contributed by atoms with E-state index in [0.29, 0.717) is 18.8 Å². The van der Waals surface area contributed by atoms with Gasteiger partial charge in [0.25, 0.3) is 0 Å². The fraction of sp³-hybridized carbons (Fsp3) is 0.500. The lowest BCUT2D eigenvalue weighted by Crippen LogP contribution is -2.36. The molecule has 0 unspecified atom stereocenters. The molecular formula is C22H28F3N5O2. The number of alkyl halides is 3. The number of amides is 1. The summed E-state index contributed by atoms with van der Waals surface area (Å²) in [6.45, 7) is 1.90. The van der Waals surface area contributed by atoms with Crippen LogP contribution < -0.4 is 20.3 Å². The van der Waals surface area contributed by atoms with Crippen LogP contribution in [0.2, 0.25) is 0 Å². The minimum atomic E-state index is -4.78. The van der Waals surface area contributed by atoms with Crippen molar-refractivity contribution in [2.75, 3.05) is 24.3 Å². The average Bonchev–Trinajstić information content (AvgIpc) is 2.72. The largest absolute Gasteiger partial charge is 0.573 e. The van der Waals surface area contributed by atoms with Crippen LogP contribution >= 0.6 is 0 Å². The maximum Gasteiger partial charge on any atom is 0.573 e. The molecule has 2 aromatic rings. The first-order chi connectivity index (χ1) is 15.1. The Kier molecular flexibility index (Phi) is 7.42. The van der Waals surface area contributed by atoms with Crippen molar-refractivity contribution in [3.8, 4) is 5.75 Å². The second kappa shape index (κ2) is 10.1. The minimum absolute atomic E-state index is 0.0201. The van der Waals surface area contributed by atoms with E-state index in [9.17, 15) is 18.0 Å². The molecule has 1 saturated carbocycles. The predicted octanol–water partition coefficient (Wildman–Crippen LogP) is 4.04. The number of halogens is 3. The molecule has 0 bridgehead atoms. The third-order valence-electron chi connectivity index (χ3n) is 5.38. The molecule has 1 amide bonds. The molecule has 1 heterocycles. The summed E-state index contributed by atoms with van der Waals surface area (Å²) in [5.41, 5.74) is 1.15. The van der Waals surface area contributed by atoms with E-state index >= 15 is 0 Å². The van der Waals surface area contributed by atoms with E-state index in [1.165, 1.54) is 18.2 Å². The number of carbonyl (C=O) groups excluding carboxylic acids is 1. The van der Waals surface area contributed by atoms with Crippen molar-refractivity contribution in [2.45, 2.75) is 51.6 Å². The van der Waals surface area contributed by atoms with Crippen LogP contribution in [0.25, 0.3) is 0 Å². The molecule has 0 spiro atoms. The first kappa shape index (κ1) is 23.6. The Bertz CT molecular complexity index is 928. The van der Waals surface area contributed by atoms with Gasteiger partial charge in [0, 0.05) is 49.9 Å². The van der Waals surface area contributed by atoms with E-state index in [1.54, 1.807) is 6.07 Å². The van der Waals surface area contributed by atoms with E-state index in [-0.39, 0.29) is 35.7 Å². The van der Waals surface area contributed by atoms with Gasteiger partial charge < -0.3 is 20.3 Å². The minimum Gasteiger partial charge on any atom is -0.405 e. The van der Waals surface area contributed by atoms with Crippen molar-refractivity contribution in [2.24, 2.45) is 5.92 Å². The summed E-state index contributed by atoms with van der Waals surface area (Å²) in [7, 11) is 3.84. The lowest BCUT2D eigenvalue weighted by molar-refractivity contribution is -0.274. The molecule has 0 atom stereocenters. The van der Waals surface area contributed by atoms with Crippen LogP contribution in [0.4, 0.5) is 24.9 Å². The number of benzene rings is 1. The fourth-order valence-electron chi connectivity index (χ4n) is 3.73. The summed E-state index contributed by atoms with van der Waals surface area (Å²) in [6, 6.07) is 7.88. The average molecular weight is 451 g/mol. The van der Waals surface area contributed by atoms with E-state index in [2.05, 4.69) is 25.3 Å². The van der Waals surface area contributed by atoms with Gasteiger partial charge in [-0.05, 0) is 38.7 Å². The molecule has 1 aromatic heterocycles. The van der Waals surface area contributed by atoms with Gasteiger partial charge in [-0.15, -0.1) is 13.2 Å². The zero-order chi connectivity index (χ0) is 23.3. The second-order valence-electron chi connectivity index (χ2n) is 8.15. The number of nitrogens with one attached hydrogen (secondary N) is 2. The Labute approximate surface area is 185 Å². The van der Waals surface area contributed by atoms with Crippen LogP contribution in [0.15, 0.2) is 30.3 Å². The van der Waals surface area contributed by atoms with Crippen LogP contribution in [0.3, 0.4) is 0 Å². The molecule has 0 saturated heterocycles. The Morgan fingerprint density at radius 2 is 1.84 bits per heavy atom. The third-order valence-corrected chi connectivity index (χ3v) is 5.38. The topological polar surface area (TPSA) is 79.4 Å².